The van der Waals surface area contributed by atoms with Gasteiger partial charge in [0.25, 0.3) is 0 Å². The first-order valence-electron chi connectivity index (χ1n) is 39.1. The summed E-state index contributed by atoms with van der Waals surface area (Å²) in [6.45, 7) is 14.0. The Bertz CT molecular complexity index is 7330. The third-order valence-electron chi connectivity index (χ3n) is 24.4. The summed E-state index contributed by atoms with van der Waals surface area (Å²) in [6.07, 6.45) is 0. The van der Waals surface area contributed by atoms with Gasteiger partial charge in [-0.15, -0.1) is 0 Å². The van der Waals surface area contributed by atoms with Gasteiger partial charge in [-0.05, 0) is 170 Å². The molecule has 6 heteroatoms. The fourth-order valence-electron chi connectivity index (χ4n) is 18.6. The van der Waals surface area contributed by atoms with Gasteiger partial charge in [-0.1, -0.05) is 339 Å². The van der Waals surface area contributed by atoms with E-state index in [9.17, 15) is 0 Å². The van der Waals surface area contributed by atoms with Crippen molar-refractivity contribution < 1.29 is 0 Å². The van der Waals surface area contributed by atoms with Crippen molar-refractivity contribution in [3.05, 3.63) is 385 Å². The van der Waals surface area contributed by atoms with Crippen LogP contribution < -0.4 is 0 Å². The standard InChI is InChI=1S/2C37H26N2.C33H24N2/c1-37(2)31-18-9-8-16-27(31)30-21-25-14-10-17-28(29(25)22-32(30)37)36-38-33-20-19-23-11-6-7-15-26(23)34(33)35(39-36)24-12-4-3-5-13-24;1-37(2)32-18-9-8-16-27(32)31-21-25-14-10-17-28(30(25)22-33(31)37)36-38-34(24-12-4-3-5-13-24)29-20-19-23-11-6-7-15-26(23)35(29)39-36;1-33(2)28-17-8-6-14-23(28)27-19-22-13-10-16-24(26(22)20-29(27)33)32-34-30-18-9-7-15-25(30)31(35-32)21-11-4-3-5-12-21/h2*3-22H,1-2H3;3-20H,1-2H3. The van der Waals surface area contributed by atoms with Crippen LogP contribution in [0.4, 0.5) is 0 Å². The summed E-state index contributed by atoms with van der Waals surface area (Å²) in [4.78, 5) is 31.2. The molecule has 20 aromatic rings. The summed E-state index contributed by atoms with van der Waals surface area (Å²) < 4.78 is 0. The van der Waals surface area contributed by atoms with Gasteiger partial charge in [-0.25, -0.2) is 29.9 Å². The van der Waals surface area contributed by atoms with Gasteiger partial charge in [0.1, 0.15) is 0 Å². The van der Waals surface area contributed by atoms with Crippen LogP contribution in [0.25, 0.3) is 188 Å². The van der Waals surface area contributed by atoms with Crippen LogP contribution in [0, 0.1) is 0 Å². The van der Waals surface area contributed by atoms with Crippen LogP contribution >= 0.6 is 0 Å². The van der Waals surface area contributed by atoms with Gasteiger partial charge < -0.3 is 0 Å². The van der Waals surface area contributed by atoms with Gasteiger partial charge in [-0.2, -0.15) is 0 Å². The maximum atomic E-state index is 5.30. The first-order chi connectivity index (χ1) is 55.3. The Morgan fingerprint density at radius 3 is 1.00 bits per heavy atom. The minimum Gasteiger partial charge on any atom is -0.228 e. The first-order valence-corrected chi connectivity index (χ1v) is 39.1. The second-order valence-corrected chi connectivity index (χ2v) is 32.0. The fourth-order valence-corrected chi connectivity index (χ4v) is 18.6. The van der Waals surface area contributed by atoms with Crippen molar-refractivity contribution in [1.82, 2.24) is 29.9 Å². The third-order valence-corrected chi connectivity index (χ3v) is 24.4. The Morgan fingerprint density at radius 1 is 0.186 bits per heavy atom. The predicted octanol–water partition coefficient (Wildman–Crippen LogP) is 27.6. The van der Waals surface area contributed by atoms with Gasteiger partial charge in [-0.3, -0.25) is 0 Å². The van der Waals surface area contributed by atoms with E-state index in [1.54, 1.807) is 0 Å². The molecule has 0 spiro atoms. The second kappa shape index (κ2) is 26.1. The maximum absolute atomic E-state index is 5.30. The third kappa shape index (κ3) is 10.9. The molecule has 0 amide bonds. The van der Waals surface area contributed by atoms with E-state index in [0.29, 0.717) is 0 Å². The number of aromatic nitrogens is 6. The van der Waals surface area contributed by atoms with Crippen LogP contribution in [-0.4, -0.2) is 29.9 Å². The van der Waals surface area contributed by atoms with Crippen LogP contribution in [0.15, 0.2) is 352 Å². The van der Waals surface area contributed by atoms with Crippen molar-refractivity contribution in [1.29, 1.82) is 0 Å². The minimum absolute atomic E-state index is 0.0489. The molecule has 0 aliphatic heterocycles. The molecule has 113 heavy (non-hydrogen) atoms. The summed E-state index contributed by atoms with van der Waals surface area (Å²) in [6, 6.07) is 125. The van der Waals surface area contributed by atoms with E-state index in [-0.39, 0.29) is 16.2 Å². The smallest absolute Gasteiger partial charge is 0.161 e. The highest BCUT2D eigenvalue weighted by molar-refractivity contribution is 6.14. The van der Waals surface area contributed by atoms with Crippen molar-refractivity contribution in [2.75, 3.05) is 0 Å². The van der Waals surface area contributed by atoms with E-state index in [2.05, 4.69) is 375 Å². The lowest BCUT2D eigenvalue weighted by atomic mass is 9.81. The number of benzene rings is 17. The Morgan fingerprint density at radius 2 is 0.522 bits per heavy atom. The zero-order valence-corrected chi connectivity index (χ0v) is 63.7. The number of fused-ring (bicyclic) bond motifs is 19. The van der Waals surface area contributed by atoms with Crippen molar-refractivity contribution in [3.8, 4) is 101 Å². The lowest BCUT2D eigenvalue weighted by Crippen LogP contribution is -2.14. The lowest BCUT2D eigenvalue weighted by molar-refractivity contribution is 0.661. The van der Waals surface area contributed by atoms with E-state index in [1.807, 2.05) is 18.2 Å². The Kier molecular flexibility index (Phi) is 15.5. The van der Waals surface area contributed by atoms with Crippen molar-refractivity contribution in [2.24, 2.45) is 0 Å². The van der Waals surface area contributed by atoms with Crippen LogP contribution in [0.1, 0.15) is 74.9 Å². The zero-order valence-electron chi connectivity index (χ0n) is 63.7. The number of hydrogen-bond acceptors (Lipinski definition) is 6. The molecular formula is C107H76N6. The lowest BCUT2D eigenvalue weighted by Gasteiger charge is -2.22. The number of rotatable bonds is 6. The number of nitrogens with zero attached hydrogens (tertiary/aromatic N) is 6. The molecule has 17 aromatic carbocycles. The molecular weight excluding hydrogens is 1370 g/mol. The molecule has 3 aromatic heterocycles. The molecule has 0 saturated carbocycles. The van der Waals surface area contributed by atoms with Crippen molar-refractivity contribution >= 4 is 86.6 Å². The number of para-hydroxylation sites is 1. The monoisotopic (exact) mass is 1440 g/mol. The molecule has 534 valence electrons. The highest BCUT2D eigenvalue weighted by Gasteiger charge is 2.39. The van der Waals surface area contributed by atoms with E-state index in [0.717, 1.165) is 106 Å². The van der Waals surface area contributed by atoms with Gasteiger partial charge in [0.2, 0.25) is 0 Å². The Labute approximate surface area is 656 Å². The predicted molar refractivity (Wildman–Crippen MR) is 471 cm³/mol. The summed E-state index contributed by atoms with van der Waals surface area (Å²) in [5.74, 6) is 2.29. The molecule has 6 nitrogen and oxygen atoms in total. The van der Waals surface area contributed by atoms with Gasteiger partial charge >= 0.3 is 0 Å². The summed E-state index contributed by atoms with van der Waals surface area (Å²) >= 11 is 0. The topological polar surface area (TPSA) is 77.3 Å². The summed E-state index contributed by atoms with van der Waals surface area (Å²) in [7, 11) is 0. The van der Waals surface area contributed by atoms with Crippen molar-refractivity contribution in [2.45, 2.75) is 57.8 Å². The van der Waals surface area contributed by atoms with Gasteiger partial charge in [0.05, 0.1) is 33.6 Å². The molecule has 0 atom stereocenters. The Hall–Kier alpha value is -13.9. The average Bonchev–Trinajstić information content (AvgIpc) is 1.65. The van der Waals surface area contributed by atoms with Crippen LogP contribution in [0.5, 0.6) is 0 Å². The quantitative estimate of drug-likeness (QED) is 0.154. The largest absolute Gasteiger partial charge is 0.228 e. The highest BCUT2D eigenvalue weighted by atomic mass is 14.9. The molecule has 0 N–H and O–H groups in total. The molecule has 3 aliphatic rings. The fraction of sp³-hybridized carbons (Fsp3) is 0.0841. The Balaban J connectivity index is 0.000000107. The van der Waals surface area contributed by atoms with E-state index >= 15 is 0 Å². The summed E-state index contributed by atoms with van der Waals surface area (Å²) in [5, 5.41) is 15.2. The van der Waals surface area contributed by atoms with E-state index < -0.39 is 0 Å². The van der Waals surface area contributed by atoms with E-state index in [4.69, 9.17) is 29.9 Å². The molecule has 0 bridgehead atoms. The SMILES string of the molecule is CC1(C)c2ccccc2-c2cc3cccc(-c4nc(-c5ccccc5)c5c(ccc6ccccc65)n4)c3cc21.CC1(C)c2ccccc2-c2cc3cccc(-c4nc(-c5ccccc5)c5ccc6ccccc6c5n4)c3cc21.CC1(C)c2ccccc2-c2cc3cccc(-c4nc(-c5ccccc5)c5ccccc5n4)c3cc21. The first kappa shape index (κ1) is 67.2. The van der Waals surface area contributed by atoms with Crippen LogP contribution in [0.2, 0.25) is 0 Å². The molecule has 3 heterocycles. The maximum Gasteiger partial charge on any atom is 0.161 e. The van der Waals surface area contributed by atoms with Crippen molar-refractivity contribution in [3.63, 3.8) is 0 Å². The number of hydrogen-bond donors (Lipinski definition) is 0. The van der Waals surface area contributed by atoms with Gasteiger partial charge in [0.15, 0.2) is 17.5 Å². The van der Waals surface area contributed by atoms with Crippen LogP contribution in [0.3, 0.4) is 0 Å². The zero-order chi connectivity index (χ0) is 75.8. The summed E-state index contributed by atoms with van der Waals surface area (Å²) in [5.41, 5.74) is 28.4. The molecule has 0 saturated heterocycles. The molecule has 0 radical (unpaired) electrons. The van der Waals surface area contributed by atoms with E-state index in [1.165, 1.54) is 115 Å². The molecule has 0 unspecified atom stereocenters. The second-order valence-electron chi connectivity index (χ2n) is 32.0. The molecule has 3 aliphatic carbocycles. The average molecular weight is 1450 g/mol. The highest BCUT2D eigenvalue weighted by Crippen LogP contribution is 2.54. The van der Waals surface area contributed by atoms with Gasteiger partial charge in [0, 0.05) is 71.2 Å². The van der Waals surface area contributed by atoms with Crippen LogP contribution in [-0.2, 0) is 16.2 Å². The minimum atomic E-state index is -0.0666. The molecule has 0 fully saturated rings. The normalized spacial score (nSPS) is 13.6. The molecule has 23 rings (SSSR count).